The second-order valence-electron chi connectivity index (χ2n) is 4.20. The minimum absolute atomic E-state index is 0.221. The molecule has 0 saturated carbocycles. The van der Waals surface area contributed by atoms with Gasteiger partial charge in [-0.25, -0.2) is 4.79 Å². The molecule has 1 amide bonds. The molecule has 1 fully saturated rings. The van der Waals surface area contributed by atoms with Gasteiger partial charge in [0.15, 0.2) is 6.61 Å². The van der Waals surface area contributed by atoms with Crippen LogP contribution in [-0.2, 0) is 9.59 Å². The van der Waals surface area contributed by atoms with Crippen molar-refractivity contribution in [2.45, 2.75) is 6.04 Å². The van der Waals surface area contributed by atoms with E-state index in [1.54, 1.807) is 0 Å². The topological polar surface area (TPSA) is 66.8 Å². The molecule has 1 heterocycles. The van der Waals surface area contributed by atoms with Gasteiger partial charge in [-0.2, -0.15) is 0 Å². The average molecular weight is 371 g/mol. The summed E-state index contributed by atoms with van der Waals surface area (Å²) in [6.45, 7) is -0.317. The van der Waals surface area contributed by atoms with Gasteiger partial charge < -0.3 is 14.7 Å². The summed E-state index contributed by atoms with van der Waals surface area (Å²) < 4.78 is 5.31. The van der Waals surface area contributed by atoms with Crippen LogP contribution in [0.25, 0.3) is 0 Å². The SMILES string of the molecule is O=C(O)C1CSCN1C(=O)COc1cc(Cl)c(Cl)cc1Cl. The number of thioether (sulfide) groups is 1. The number of carboxylic acids is 1. The fourth-order valence-corrected chi connectivity index (χ4v) is 3.49. The summed E-state index contributed by atoms with van der Waals surface area (Å²) in [5.41, 5.74) is 0. The highest BCUT2D eigenvalue weighted by atomic mass is 35.5. The Hall–Kier alpha value is -0.820. The van der Waals surface area contributed by atoms with Crippen LogP contribution in [0.2, 0.25) is 15.1 Å². The van der Waals surface area contributed by atoms with E-state index in [2.05, 4.69) is 0 Å². The Balaban J connectivity index is 2.01. The third-order valence-corrected chi connectivity index (χ3v) is 4.84. The maximum absolute atomic E-state index is 12.0. The van der Waals surface area contributed by atoms with Crippen LogP contribution in [0.5, 0.6) is 5.75 Å². The van der Waals surface area contributed by atoms with E-state index in [4.69, 9.17) is 44.6 Å². The Kier molecular flexibility index (Phi) is 5.48. The van der Waals surface area contributed by atoms with E-state index in [9.17, 15) is 9.59 Å². The summed E-state index contributed by atoms with van der Waals surface area (Å²) in [5.74, 6) is -0.531. The minimum Gasteiger partial charge on any atom is -0.482 e. The van der Waals surface area contributed by atoms with Crippen LogP contribution in [-0.4, -0.2) is 46.2 Å². The smallest absolute Gasteiger partial charge is 0.327 e. The molecule has 0 aliphatic carbocycles. The number of hydrogen-bond donors (Lipinski definition) is 1. The van der Waals surface area contributed by atoms with Crippen LogP contribution in [0.1, 0.15) is 0 Å². The molecule has 9 heteroatoms. The van der Waals surface area contributed by atoms with Crippen molar-refractivity contribution in [3.63, 3.8) is 0 Å². The molecule has 1 aromatic rings. The van der Waals surface area contributed by atoms with Crippen molar-refractivity contribution in [1.82, 2.24) is 4.90 Å². The fourth-order valence-electron chi connectivity index (χ4n) is 1.73. The molecule has 1 aliphatic rings. The maximum Gasteiger partial charge on any atom is 0.327 e. The number of hydrogen-bond acceptors (Lipinski definition) is 4. The van der Waals surface area contributed by atoms with Gasteiger partial charge in [0, 0.05) is 11.8 Å². The fraction of sp³-hybridized carbons (Fsp3) is 0.333. The minimum atomic E-state index is -1.03. The number of nitrogens with zero attached hydrogens (tertiary/aromatic N) is 1. The molecule has 2 rings (SSSR count). The third-order valence-electron chi connectivity index (χ3n) is 2.81. The van der Waals surface area contributed by atoms with Gasteiger partial charge in [-0.05, 0) is 6.07 Å². The molecular weight excluding hydrogens is 361 g/mol. The number of rotatable bonds is 4. The molecule has 1 atom stereocenters. The molecule has 0 radical (unpaired) electrons. The van der Waals surface area contributed by atoms with Gasteiger partial charge in [0.25, 0.3) is 5.91 Å². The van der Waals surface area contributed by atoms with Crippen molar-refractivity contribution in [1.29, 1.82) is 0 Å². The lowest BCUT2D eigenvalue weighted by atomic mass is 10.3. The lowest BCUT2D eigenvalue weighted by Crippen LogP contribution is -2.43. The predicted octanol–water partition coefficient (Wildman–Crippen LogP) is 3.01. The van der Waals surface area contributed by atoms with Crippen molar-refractivity contribution in [3.8, 4) is 5.75 Å². The van der Waals surface area contributed by atoms with Gasteiger partial charge in [0.1, 0.15) is 11.8 Å². The molecule has 21 heavy (non-hydrogen) atoms. The van der Waals surface area contributed by atoms with E-state index in [0.717, 1.165) is 0 Å². The van der Waals surface area contributed by atoms with Crippen molar-refractivity contribution < 1.29 is 19.4 Å². The number of benzene rings is 1. The van der Waals surface area contributed by atoms with E-state index >= 15 is 0 Å². The van der Waals surface area contributed by atoms with E-state index in [-0.39, 0.29) is 27.4 Å². The number of amides is 1. The van der Waals surface area contributed by atoms with Crippen molar-refractivity contribution in [2.24, 2.45) is 0 Å². The highest BCUT2D eigenvalue weighted by molar-refractivity contribution is 7.99. The van der Waals surface area contributed by atoms with Crippen molar-refractivity contribution in [3.05, 3.63) is 27.2 Å². The normalized spacial score (nSPS) is 17.9. The molecule has 0 spiro atoms. The first-order valence-corrected chi connectivity index (χ1v) is 8.06. The molecule has 114 valence electrons. The molecule has 1 aromatic carbocycles. The Labute approximate surface area is 140 Å². The number of carbonyl (C=O) groups excluding carboxylic acids is 1. The number of aliphatic carboxylic acids is 1. The molecular formula is C12H10Cl3NO4S. The Morgan fingerprint density at radius 3 is 2.62 bits per heavy atom. The summed E-state index contributed by atoms with van der Waals surface area (Å²) in [6.07, 6.45) is 0. The van der Waals surface area contributed by atoms with Crippen LogP contribution in [0.4, 0.5) is 0 Å². The van der Waals surface area contributed by atoms with E-state index in [0.29, 0.717) is 11.6 Å². The van der Waals surface area contributed by atoms with Crippen molar-refractivity contribution in [2.75, 3.05) is 18.2 Å². The Bertz CT molecular complexity index is 584. The summed E-state index contributed by atoms with van der Waals surface area (Å²) in [5, 5.41) is 9.79. The first-order chi connectivity index (χ1) is 9.90. The number of carbonyl (C=O) groups is 2. The first kappa shape index (κ1) is 16.5. The summed E-state index contributed by atoms with van der Waals surface area (Å²) in [7, 11) is 0. The second-order valence-corrected chi connectivity index (χ2v) is 6.42. The quantitative estimate of drug-likeness (QED) is 0.825. The lowest BCUT2D eigenvalue weighted by molar-refractivity contribution is -0.148. The Morgan fingerprint density at radius 1 is 1.29 bits per heavy atom. The zero-order valence-corrected chi connectivity index (χ0v) is 13.6. The molecule has 1 aliphatic heterocycles. The van der Waals surface area contributed by atoms with Crippen LogP contribution < -0.4 is 4.74 Å². The van der Waals surface area contributed by atoms with E-state index in [1.807, 2.05) is 0 Å². The van der Waals surface area contributed by atoms with Gasteiger partial charge in [0.05, 0.1) is 20.9 Å². The highest BCUT2D eigenvalue weighted by Crippen LogP contribution is 2.34. The highest BCUT2D eigenvalue weighted by Gasteiger charge is 2.34. The maximum atomic E-state index is 12.0. The number of ether oxygens (including phenoxy) is 1. The monoisotopic (exact) mass is 369 g/mol. The second kappa shape index (κ2) is 6.96. The van der Waals surface area contributed by atoms with Gasteiger partial charge >= 0.3 is 5.97 Å². The van der Waals surface area contributed by atoms with Crippen molar-refractivity contribution >= 4 is 58.4 Å². The average Bonchev–Trinajstić information content (AvgIpc) is 2.90. The van der Waals surface area contributed by atoms with E-state index in [1.165, 1.54) is 28.8 Å². The summed E-state index contributed by atoms with van der Waals surface area (Å²) in [4.78, 5) is 24.3. The van der Waals surface area contributed by atoms with Gasteiger partial charge in [0.2, 0.25) is 0 Å². The van der Waals surface area contributed by atoms with Crippen LogP contribution in [0.3, 0.4) is 0 Å². The third kappa shape index (κ3) is 3.88. The lowest BCUT2D eigenvalue weighted by Gasteiger charge is -2.20. The van der Waals surface area contributed by atoms with Crippen LogP contribution in [0, 0.1) is 0 Å². The van der Waals surface area contributed by atoms with E-state index < -0.39 is 17.9 Å². The van der Waals surface area contributed by atoms with Gasteiger partial charge in [-0.1, -0.05) is 34.8 Å². The largest absolute Gasteiger partial charge is 0.482 e. The van der Waals surface area contributed by atoms with Gasteiger partial charge in [-0.15, -0.1) is 11.8 Å². The Morgan fingerprint density at radius 2 is 1.95 bits per heavy atom. The molecule has 0 aromatic heterocycles. The van der Waals surface area contributed by atoms with Gasteiger partial charge in [-0.3, -0.25) is 4.79 Å². The zero-order valence-electron chi connectivity index (χ0n) is 10.5. The standard InChI is InChI=1S/C12H10Cl3NO4S/c13-6-1-8(15)10(2-7(6)14)20-3-11(17)16-5-21-4-9(16)12(18)19/h1-2,9H,3-5H2,(H,18,19). The van der Waals surface area contributed by atoms with Crippen LogP contribution >= 0.6 is 46.6 Å². The number of carboxylic acid groups (broad SMARTS) is 1. The molecule has 5 nitrogen and oxygen atoms in total. The molecule has 1 N–H and O–H groups in total. The first-order valence-electron chi connectivity index (χ1n) is 5.77. The molecule has 1 unspecified atom stereocenters. The number of halogens is 3. The summed E-state index contributed by atoms with van der Waals surface area (Å²) in [6, 6.07) is 2.00. The predicted molar refractivity (Wildman–Crippen MR) is 82.6 cm³/mol. The zero-order chi connectivity index (χ0) is 15.6. The van der Waals surface area contributed by atoms with Crippen LogP contribution in [0.15, 0.2) is 12.1 Å². The molecule has 1 saturated heterocycles. The summed E-state index contributed by atoms with van der Waals surface area (Å²) >= 11 is 18.9. The molecule has 0 bridgehead atoms.